The van der Waals surface area contributed by atoms with Gasteiger partial charge < -0.3 is 10.1 Å². The normalized spacial score (nSPS) is 15.1. The summed E-state index contributed by atoms with van der Waals surface area (Å²) in [5.74, 6) is -0.338. The van der Waals surface area contributed by atoms with E-state index in [1.165, 1.54) is 10.5 Å². The van der Waals surface area contributed by atoms with E-state index in [1.54, 1.807) is 35.2 Å². The lowest BCUT2D eigenvalue weighted by molar-refractivity contribution is 0.0730. The molecule has 4 rings (SSSR count). The van der Waals surface area contributed by atoms with Crippen molar-refractivity contribution in [2.45, 2.75) is 11.4 Å². The molecular formula is C21H22N4O4S. The third kappa shape index (κ3) is 4.13. The number of benzene rings is 2. The highest BCUT2D eigenvalue weighted by Crippen LogP contribution is 2.21. The van der Waals surface area contributed by atoms with E-state index in [4.69, 9.17) is 4.74 Å². The first kappa shape index (κ1) is 20.3. The van der Waals surface area contributed by atoms with Crippen molar-refractivity contribution < 1.29 is 17.9 Å². The van der Waals surface area contributed by atoms with E-state index in [0.717, 1.165) is 5.69 Å². The lowest BCUT2D eigenvalue weighted by Crippen LogP contribution is -2.41. The Labute approximate surface area is 175 Å². The maximum Gasteiger partial charge on any atom is 0.270 e. The minimum atomic E-state index is -3.66. The number of carbonyl (C=O) groups excluding carboxylic acids is 1. The number of nitrogens with one attached hydrogen (secondary N) is 1. The highest BCUT2D eigenvalue weighted by molar-refractivity contribution is 7.89. The van der Waals surface area contributed by atoms with Crippen molar-refractivity contribution in [3.05, 3.63) is 78.4 Å². The van der Waals surface area contributed by atoms with Crippen LogP contribution in [0, 0.1) is 0 Å². The van der Waals surface area contributed by atoms with Gasteiger partial charge in [0.2, 0.25) is 10.0 Å². The molecule has 1 aromatic heterocycles. The molecule has 30 heavy (non-hydrogen) atoms. The van der Waals surface area contributed by atoms with Crippen molar-refractivity contribution in [2.24, 2.45) is 0 Å². The van der Waals surface area contributed by atoms with Crippen molar-refractivity contribution in [3.63, 3.8) is 0 Å². The molecule has 1 N–H and O–H groups in total. The minimum absolute atomic E-state index is 0.0819. The second-order valence-corrected chi connectivity index (χ2v) is 8.70. The van der Waals surface area contributed by atoms with Gasteiger partial charge in [-0.3, -0.25) is 9.36 Å². The molecule has 156 valence electrons. The minimum Gasteiger partial charge on any atom is -0.379 e. The Morgan fingerprint density at radius 3 is 2.50 bits per heavy atom. The molecule has 0 aliphatic carbocycles. The van der Waals surface area contributed by atoms with Gasteiger partial charge in [-0.25, -0.2) is 13.4 Å². The van der Waals surface area contributed by atoms with Gasteiger partial charge >= 0.3 is 0 Å². The SMILES string of the molecule is O=C(NCc1ccccc1S(=O)(=O)N1CCOCC1)c1cncn1-c1ccccc1. The number of nitrogens with zero attached hydrogens (tertiary/aromatic N) is 3. The maximum absolute atomic E-state index is 13.1. The second kappa shape index (κ2) is 8.78. The monoisotopic (exact) mass is 426 g/mol. The fourth-order valence-electron chi connectivity index (χ4n) is 3.35. The van der Waals surface area contributed by atoms with Crippen molar-refractivity contribution in [2.75, 3.05) is 26.3 Å². The summed E-state index contributed by atoms with van der Waals surface area (Å²) >= 11 is 0. The third-order valence-electron chi connectivity index (χ3n) is 4.91. The van der Waals surface area contributed by atoms with Crippen LogP contribution >= 0.6 is 0 Å². The number of ether oxygens (including phenoxy) is 1. The van der Waals surface area contributed by atoms with E-state index < -0.39 is 10.0 Å². The molecule has 0 radical (unpaired) electrons. The van der Waals surface area contributed by atoms with Gasteiger partial charge in [-0.05, 0) is 23.8 Å². The van der Waals surface area contributed by atoms with Crippen LogP contribution in [-0.4, -0.2) is 54.5 Å². The zero-order valence-electron chi connectivity index (χ0n) is 16.3. The number of rotatable bonds is 6. The Morgan fingerprint density at radius 1 is 1.03 bits per heavy atom. The van der Waals surface area contributed by atoms with Crippen LogP contribution in [0.5, 0.6) is 0 Å². The standard InChI is InChI=1S/C21H22N4O4S/c26-21(19-15-22-16-25(19)18-7-2-1-3-8-18)23-14-17-6-4-5-9-20(17)30(27,28)24-10-12-29-13-11-24/h1-9,15-16H,10-14H2,(H,23,26). The Morgan fingerprint density at radius 2 is 1.73 bits per heavy atom. The van der Waals surface area contributed by atoms with Gasteiger partial charge in [-0.15, -0.1) is 0 Å². The molecular weight excluding hydrogens is 404 g/mol. The van der Waals surface area contributed by atoms with Gasteiger partial charge in [0.25, 0.3) is 5.91 Å². The fraction of sp³-hybridized carbons (Fsp3) is 0.238. The van der Waals surface area contributed by atoms with E-state index in [9.17, 15) is 13.2 Å². The number of carbonyl (C=O) groups is 1. The summed E-state index contributed by atoms with van der Waals surface area (Å²) in [5.41, 5.74) is 1.72. The first-order valence-corrected chi connectivity index (χ1v) is 11.0. The average molecular weight is 426 g/mol. The lowest BCUT2D eigenvalue weighted by Gasteiger charge is -2.27. The zero-order valence-corrected chi connectivity index (χ0v) is 17.1. The zero-order chi connectivity index (χ0) is 21.0. The van der Waals surface area contributed by atoms with Crippen molar-refractivity contribution in [1.29, 1.82) is 0 Å². The highest BCUT2D eigenvalue weighted by Gasteiger charge is 2.28. The molecule has 3 aromatic rings. The van der Waals surface area contributed by atoms with E-state index in [-0.39, 0.29) is 17.3 Å². The van der Waals surface area contributed by atoms with E-state index >= 15 is 0 Å². The van der Waals surface area contributed by atoms with E-state index in [2.05, 4.69) is 10.3 Å². The molecule has 1 amide bonds. The predicted octanol–water partition coefficient (Wildman–Crippen LogP) is 1.82. The molecule has 0 spiro atoms. The fourth-order valence-corrected chi connectivity index (χ4v) is 4.98. The summed E-state index contributed by atoms with van der Waals surface area (Å²) in [6.07, 6.45) is 3.06. The second-order valence-electron chi connectivity index (χ2n) is 6.79. The van der Waals surface area contributed by atoms with Crippen molar-refractivity contribution in [1.82, 2.24) is 19.2 Å². The van der Waals surface area contributed by atoms with Crippen LogP contribution < -0.4 is 5.32 Å². The molecule has 8 nitrogen and oxygen atoms in total. The number of sulfonamides is 1. The summed E-state index contributed by atoms with van der Waals surface area (Å²) in [4.78, 5) is 17.1. The molecule has 1 aliphatic rings. The molecule has 1 aliphatic heterocycles. The number of hydrogen-bond donors (Lipinski definition) is 1. The van der Waals surface area contributed by atoms with Crippen LogP contribution in [0.3, 0.4) is 0 Å². The molecule has 0 unspecified atom stereocenters. The first-order valence-electron chi connectivity index (χ1n) is 9.59. The topological polar surface area (TPSA) is 93.5 Å². The van der Waals surface area contributed by atoms with Crippen molar-refractivity contribution in [3.8, 4) is 5.69 Å². The van der Waals surface area contributed by atoms with Crippen LogP contribution in [-0.2, 0) is 21.3 Å². The number of amides is 1. The van der Waals surface area contributed by atoms with Gasteiger partial charge in [-0.2, -0.15) is 4.31 Å². The van der Waals surface area contributed by atoms with Crippen LogP contribution in [0.2, 0.25) is 0 Å². The number of para-hydroxylation sites is 1. The Balaban J connectivity index is 1.53. The van der Waals surface area contributed by atoms with Gasteiger partial charge in [0.1, 0.15) is 5.69 Å². The highest BCUT2D eigenvalue weighted by atomic mass is 32.2. The average Bonchev–Trinajstić information content (AvgIpc) is 3.29. The number of aromatic nitrogens is 2. The summed E-state index contributed by atoms with van der Waals surface area (Å²) in [5, 5.41) is 2.82. The van der Waals surface area contributed by atoms with Crippen molar-refractivity contribution >= 4 is 15.9 Å². The third-order valence-corrected chi connectivity index (χ3v) is 6.90. The van der Waals surface area contributed by atoms with Crippen LogP contribution in [0.4, 0.5) is 0 Å². The predicted molar refractivity (Wildman–Crippen MR) is 111 cm³/mol. The van der Waals surface area contributed by atoms with E-state index in [0.29, 0.717) is 37.6 Å². The van der Waals surface area contributed by atoms with Gasteiger partial charge in [0.05, 0.1) is 30.6 Å². The summed E-state index contributed by atoms with van der Waals surface area (Å²) < 4.78 is 34.5. The Bertz CT molecular complexity index is 1120. The van der Waals surface area contributed by atoms with Gasteiger partial charge in [-0.1, -0.05) is 36.4 Å². The number of morpholine rings is 1. The van der Waals surface area contributed by atoms with Gasteiger partial charge in [0, 0.05) is 25.3 Å². The van der Waals surface area contributed by atoms with Crippen LogP contribution in [0.25, 0.3) is 5.69 Å². The quantitative estimate of drug-likeness (QED) is 0.649. The van der Waals surface area contributed by atoms with Crippen LogP contribution in [0.1, 0.15) is 16.1 Å². The molecule has 1 saturated heterocycles. The number of imidazole rings is 1. The summed E-state index contributed by atoms with van der Waals surface area (Å²) in [6, 6.07) is 16.1. The molecule has 2 aromatic carbocycles. The Hall–Kier alpha value is -3.01. The van der Waals surface area contributed by atoms with E-state index in [1.807, 2.05) is 30.3 Å². The lowest BCUT2D eigenvalue weighted by atomic mass is 10.2. The molecule has 0 bridgehead atoms. The Kier molecular flexibility index (Phi) is 5.93. The van der Waals surface area contributed by atoms with Gasteiger partial charge in [0.15, 0.2) is 0 Å². The molecule has 0 atom stereocenters. The maximum atomic E-state index is 13.1. The van der Waals surface area contributed by atoms with Crippen LogP contribution in [0.15, 0.2) is 72.0 Å². The molecule has 1 fully saturated rings. The molecule has 0 saturated carbocycles. The largest absolute Gasteiger partial charge is 0.379 e. The first-order chi connectivity index (χ1) is 14.6. The number of hydrogen-bond acceptors (Lipinski definition) is 5. The summed E-state index contributed by atoms with van der Waals surface area (Å²) in [6.45, 7) is 1.47. The molecule has 2 heterocycles. The smallest absolute Gasteiger partial charge is 0.270 e. The summed E-state index contributed by atoms with van der Waals surface area (Å²) in [7, 11) is -3.66. The molecule has 9 heteroatoms.